The molecule has 1 amide bonds. The molecule has 8 nitrogen and oxygen atoms in total. The van der Waals surface area contributed by atoms with E-state index in [1.54, 1.807) is 6.20 Å². The zero-order valence-electron chi connectivity index (χ0n) is 17.9. The fraction of sp³-hybridized carbons (Fsp3) is 0.364. The number of anilines is 1. The third-order valence-electron chi connectivity index (χ3n) is 5.11. The highest BCUT2D eigenvalue weighted by molar-refractivity contribution is 6.01. The number of hydrogen-bond acceptors (Lipinski definition) is 5. The maximum absolute atomic E-state index is 12.8. The second kappa shape index (κ2) is 8.52. The van der Waals surface area contributed by atoms with E-state index in [0.717, 1.165) is 4.57 Å². The van der Waals surface area contributed by atoms with Crippen molar-refractivity contribution in [1.82, 2.24) is 14.1 Å². The van der Waals surface area contributed by atoms with Crippen LogP contribution in [0.15, 0.2) is 40.1 Å². The number of amides is 1. The Kier molecular flexibility index (Phi) is 6.05. The zero-order valence-corrected chi connectivity index (χ0v) is 17.9. The molecule has 0 atom stereocenters. The topological polar surface area (TPSA) is 95.2 Å². The molecule has 0 aliphatic rings. The van der Waals surface area contributed by atoms with E-state index in [-0.39, 0.29) is 17.6 Å². The number of aromatic nitrogens is 3. The maximum atomic E-state index is 12.8. The summed E-state index contributed by atoms with van der Waals surface area (Å²) in [6, 6.07) is 7.59. The van der Waals surface area contributed by atoms with Crippen LogP contribution >= 0.6 is 0 Å². The smallest absolute Gasteiger partial charge is 0.332 e. The van der Waals surface area contributed by atoms with Gasteiger partial charge in [-0.25, -0.2) is 9.78 Å². The minimum Gasteiger partial charge on any atom is -0.484 e. The number of fused-ring (bicyclic) bond motifs is 1. The van der Waals surface area contributed by atoms with E-state index in [9.17, 15) is 14.4 Å². The van der Waals surface area contributed by atoms with E-state index in [0.29, 0.717) is 29.3 Å². The van der Waals surface area contributed by atoms with Crippen LogP contribution in [0.25, 0.3) is 11.0 Å². The van der Waals surface area contributed by atoms with Crippen molar-refractivity contribution in [2.45, 2.75) is 33.1 Å². The van der Waals surface area contributed by atoms with Gasteiger partial charge >= 0.3 is 5.69 Å². The number of ether oxygens (including phenoxy) is 1. The Morgan fingerprint density at radius 1 is 1.13 bits per heavy atom. The van der Waals surface area contributed by atoms with Crippen LogP contribution < -0.4 is 21.3 Å². The molecule has 8 heteroatoms. The highest BCUT2D eigenvalue weighted by Gasteiger charge is 2.18. The Morgan fingerprint density at radius 3 is 2.40 bits per heavy atom. The van der Waals surface area contributed by atoms with Crippen molar-refractivity contribution in [3.8, 4) is 5.75 Å². The van der Waals surface area contributed by atoms with E-state index < -0.39 is 17.2 Å². The van der Waals surface area contributed by atoms with Crippen LogP contribution in [0.5, 0.6) is 5.75 Å². The van der Waals surface area contributed by atoms with Crippen molar-refractivity contribution in [1.29, 1.82) is 0 Å². The third-order valence-corrected chi connectivity index (χ3v) is 5.11. The summed E-state index contributed by atoms with van der Waals surface area (Å²) in [5.41, 5.74) is 1.49. The molecule has 0 saturated carbocycles. The van der Waals surface area contributed by atoms with Gasteiger partial charge in [0.2, 0.25) is 0 Å². The van der Waals surface area contributed by atoms with Crippen LogP contribution in [0, 0.1) is 0 Å². The minimum atomic E-state index is -0.503. The Morgan fingerprint density at radius 2 is 1.80 bits per heavy atom. The van der Waals surface area contributed by atoms with E-state index in [2.05, 4.69) is 24.1 Å². The highest BCUT2D eigenvalue weighted by atomic mass is 16.5. The molecule has 0 saturated heterocycles. The average molecular weight is 410 g/mol. The lowest BCUT2D eigenvalue weighted by molar-refractivity contribution is -0.118. The van der Waals surface area contributed by atoms with Gasteiger partial charge in [0, 0.05) is 20.3 Å². The van der Waals surface area contributed by atoms with Gasteiger partial charge in [0.1, 0.15) is 11.1 Å². The van der Waals surface area contributed by atoms with Crippen LogP contribution in [0.1, 0.15) is 37.8 Å². The molecule has 158 valence electrons. The van der Waals surface area contributed by atoms with Crippen LogP contribution in [-0.2, 0) is 25.3 Å². The molecule has 0 radical (unpaired) electrons. The Labute approximate surface area is 174 Å². The van der Waals surface area contributed by atoms with Gasteiger partial charge in [-0.05, 0) is 35.6 Å². The molecule has 0 aliphatic heterocycles. The number of nitrogens with one attached hydrogen (secondary N) is 1. The fourth-order valence-corrected chi connectivity index (χ4v) is 3.25. The summed E-state index contributed by atoms with van der Waals surface area (Å²) < 4.78 is 7.89. The lowest BCUT2D eigenvalue weighted by atomic mass is 10.0. The molecule has 3 aromatic rings. The summed E-state index contributed by atoms with van der Waals surface area (Å²) in [6.07, 6.45) is 2.13. The first-order valence-electron chi connectivity index (χ1n) is 9.84. The zero-order chi connectivity index (χ0) is 22.0. The summed E-state index contributed by atoms with van der Waals surface area (Å²) in [7, 11) is 2.94. The van der Waals surface area contributed by atoms with Gasteiger partial charge in [-0.15, -0.1) is 0 Å². The Balaban J connectivity index is 1.90. The highest BCUT2D eigenvalue weighted by Crippen LogP contribution is 2.23. The van der Waals surface area contributed by atoms with Gasteiger partial charge in [0.25, 0.3) is 11.5 Å². The van der Waals surface area contributed by atoms with Crippen molar-refractivity contribution in [3.05, 3.63) is 62.4 Å². The summed E-state index contributed by atoms with van der Waals surface area (Å²) in [6.45, 7) is 5.90. The first-order chi connectivity index (χ1) is 14.2. The summed E-state index contributed by atoms with van der Waals surface area (Å²) in [5.74, 6) is 0.595. The largest absolute Gasteiger partial charge is 0.484 e. The molecule has 2 heterocycles. The normalized spacial score (nSPS) is 11.1. The molecule has 30 heavy (non-hydrogen) atoms. The molecular weight excluding hydrogens is 384 g/mol. The van der Waals surface area contributed by atoms with Gasteiger partial charge in [0.05, 0.1) is 5.69 Å². The van der Waals surface area contributed by atoms with Gasteiger partial charge in [0.15, 0.2) is 12.3 Å². The van der Waals surface area contributed by atoms with Crippen LogP contribution in [-0.4, -0.2) is 26.6 Å². The van der Waals surface area contributed by atoms with Crippen LogP contribution in [0.4, 0.5) is 5.69 Å². The second-order valence-electron chi connectivity index (χ2n) is 7.48. The van der Waals surface area contributed by atoms with Gasteiger partial charge in [-0.3, -0.25) is 18.7 Å². The quantitative estimate of drug-likeness (QED) is 0.673. The fourth-order valence-electron chi connectivity index (χ4n) is 3.25. The van der Waals surface area contributed by atoms with Gasteiger partial charge in [-0.2, -0.15) is 0 Å². The number of pyridine rings is 1. The predicted molar refractivity (Wildman–Crippen MR) is 116 cm³/mol. The number of aryl methyl sites for hydroxylation is 2. The van der Waals surface area contributed by atoms with Crippen LogP contribution in [0.2, 0.25) is 0 Å². The molecule has 3 rings (SSSR count). The first kappa shape index (κ1) is 21.3. The maximum Gasteiger partial charge on any atom is 0.332 e. The number of carbonyl (C=O) groups excluding carboxylic acids is 1. The number of carbonyl (C=O) groups is 1. The Bertz CT molecular complexity index is 1210. The van der Waals surface area contributed by atoms with Crippen molar-refractivity contribution < 1.29 is 9.53 Å². The SMILES string of the molecule is CCc1cnc2c(c1NC(=O)COc1ccc(C(C)C)cc1)c(=O)n(C)c(=O)n2C. The van der Waals surface area contributed by atoms with E-state index >= 15 is 0 Å². The number of hydrogen-bond donors (Lipinski definition) is 1. The lowest BCUT2D eigenvalue weighted by Gasteiger charge is -2.15. The molecule has 1 aromatic carbocycles. The minimum absolute atomic E-state index is 0.202. The van der Waals surface area contributed by atoms with E-state index in [1.807, 2.05) is 31.2 Å². The monoisotopic (exact) mass is 410 g/mol. The molecule has 0 unspecified atom stereocenters. The van der Waals surface area contributed by atoms with Crippen molar-refractivity contribution in [2.24, 2.45) is 14.1 Å². The standard InChI is InChI=1S/C22H26N4O4/c1-6-14-11-23-20-18(21(28)26(5)22(29)25(20)4)19(14)24-17(27)12-30-16-9-7-15(8-10-16)13(2)3/h7-11,13H,6,12H2,1-5H3,(H,23,24,27). The van der Waals surface area contributed by atoms with Gasteiger partial charge in [-0.1, -0.05) is 32.9 Å². The molecule has 0 aliphatic carbocycles. The predicted octanol–water partition coefficient (Wildman–Crippen LogP) is 2.34. The van der Waals surface area contributed by atoms with E-state index in [1.165, 1.54) is 24.2 Å². The number of rotatable bonds is 6. The van der Waals surface area contributed by atoms with E-state index in [4.69, 9.17) is 4.74 Å². The average Bonchev–Trinajstić information content (AvgIpc) is 2.74. The lowest BCUT2D eigenvalue weighted by Crippen LogP contribution is -2.38. The second-order valence-corrected chi connectivity index (χ2v) is 7.48. The summed E-state index contributed by atoms with van der Waals surface area (Å²) >= 11 is 0. The summed E-state index contributed by atoms with van der Waals surface area (Å²) in [4.78, 5) is 41.8. The Hall–Kier alpha value is -3.42. The molecule has 1 N–H and O–H groups in total. The van der Waals surface area contributed by atoms with Crippen LogP contribution in [0.3, 0.4) is 0 Å². The third kappa shape index (κ3) is 3.98. The van der Waals surface area contributed by atoms with Crippen molar-refractivity contribution >= 4 is 22.6 Å². The summed E-state index contributed by atoms with van der Waals surface area (Å²) in [5, 5.41) is 2.99. The molecule has 2 aromatic heterocycles. The van der Waals surface area contributed by atoms with Crippen molar-refractivity contribution in [3.63, 3.8) is 0 Å². The molecular formula is C22H26N4O4. The number of nitrogens with zero attached hydrogens (tertiary/aromatic N) is 3. The number of benzene rings is 1. The van der Waals surface area contributed by atoms with Crippen molar-refractivity contribution in [2.75, 3.05) is 11.9 Å². The first-order valence-corrected chi connectivity index (χ1v) is 9.84. The molecule has 0 spiro atoms. The molecule has 0 fully saturated rings. The molecule has 0 bridgehead atoms. The van der Waals surface area contributed by atoms with Gasteiger partial charge < -0.3 is 10.1 Å².